The first-order valence-electron chi connectivity index (χ1n) is 3.32. The molecule has 10 heavy (non-hydrogen) atoms. The molecule has 0 saturated heterocycles. The third-order valence-corrected chi connectivity index (χ3v) is 1.54. The highest BCUT2D eigenvalue weighted by Gasteiger charge is 1.84. The summed E-state index contributed by atoms with van der Waals surface area (Å²) in [6, 6.07) is 8.26. The number of aryl methyl sites for hydroxylation is 1. The van der Waals surface area contributed by atoms with Crippen LogP contribution >= 0.6 is 0 Å². The van der Waals surface area contributed by atoms with Gasteiger partial charge in [-0.25, -0.2) is 0 Å². The smallest absolute Gasteiger partial charge is 0.0911 e. The molecule has 0 aromatic heterocycles. The largest absolute Gasteiger partial charge is 0.138 e. The van der Waals surface area contributed by atoms with Gasteiger partial charge in [-0.3, -0.25) is 0 Å². The van der Waals surface area contributed by atoms with Crippen LogP contribution in [0.2, 0.25) is 0 Å². The molecule has 0 amide bonds. The molecule has 0 nitrogen and oxygen atoms in total. The van der Waals surface area contributed by atoms with Gasteiger partial charge >= 0.3 is 0 Å². The van der Waals surface area contributed by atoms with Crippen LogP contribution in [-0.4, -0.2) is 10.2 Å². The van der Waals surface area contributed by atoms with Crippen molar-refractivity contribution in [3.05, 3.63) is 35.4 Å². The summed E-state index contributed by atoms with van der Waals surface area (Å²) in [4.78, 5) is 0. The van der Waals surface area contributed by atoms with Gasteiger partial charge in [-0.1, -0.05) is 18.1 Å². The average Bonchev–Trinajstić information content (AvgIpc) is 1.88. The Morgan fingerprint density at radius 1 is 1.40 bits per heavy atom. The van der Waals surface area contributed by atoms with E-state index in [9.17, 15) is 0 Å². The highest BCUT2D eigenvalue weighted by molar-refractivity contribution is 6.22. The van der Waals surface area contributed by atoms with Crippen LogP contribution in [0.3, 0.4) is 0 Å². The Labute approximate surface area is 64.7 Å². The summed E-state index contributed by atoms with van der Waals surface area (Å²) in [6.45, 7) is 2.08. The number of benzene rings is 1. The maximum atomic E-state index is 3.06. The van der Waals surface area contributed by atoms with Crippen LogP contribution in [0, 0.1) is 18.4 Å². The second-order valence-corrected chi connectivity index (χ2v) is 2.74. The van der Waals surface area contributed by atoms with E-state index >= 15 is 0 Å². The van der Waals surface area contributed by atoms with Gasteiger partial charge in [-0.15, -0.1) is 5.54 Å². The van der Waals surface area contributed by atoms with E-state index in [1.54, 1.807) is 0 Å². The van der Waals surface area contributed by atoms with Crippen molar-refractivity contribution in [2.24, 2.45) is 0 Å². The fraction of sp³-hybridized carbons (Fsp3) is 0.111. The molecule has 0 atom stereocenters. The zero-order valence-electron chi connectivity index (χ0n) is 6.31. The number of hydrogen-bond acceptors (Lipinski definition) is 0. The minimum absolute atomic E-state index is 0.961. The molecule has 1 aromatic rings. The molecule has 50 valence electrons. The standard InChI is InChI=1S/C9H10Si/c1-8-3-2-4-9(7-8)5-6-10/h2-4,7H,1,10H3. The van der Waals surface area contributed by atoms with Crippen molar-refractivity contribution in [1.82, 2.24) is 0 Å². The minimum atomic E-state index is 0.961. The molecule has 0 unspecified atom stereocenters. The topological polar surface area (TPSA) is 0 Å². The fourth-order valence-corrected chi connectivity index (χ4v) is 1.16. The predicted octanol–water partition coefficient (Wildman–Crippen LogP) is 0.669. The lowest BCUT2D eigenvalue weighted by molar-refractivity contribution is 1.46. The van der Waals surface area contributed by atoms with Gasteiger partial charge in [-0.05, 0) is 24.6 Å². The Kier molecular flexibility index (Phi) is 2.30. The van der Waals surface area contributed by atoms with Crippen LogP contribution in [0.25, 0.3) is 0 Å². The first-order chi connectivity index (χ1) is 4.83. The maximum absolute atomic E-state index is 3.06. The van der Waals surface area contributed by atoms with Gasteiger partial charge in [0.1, 0.15) is 0 Å². The van der Waals surface area contributed by atoms with Crippen molar-refractivity contribution in [2.75, 3.05) is 0 Å². The van der Waals surface area contributed by atoms with Gasteiger partial charge in [0.05, 0.1) is 10.2 Å². The van der Waals surface area contributed by atoms with E-state index in [0.717, 1.165) is 15.8 Å². The lowest BCUT2D eigenvalue weighted by Crippen LogP contribution is -1.75. The first-order valence-corrected chi connectivity index (χ1v) is 4.32. The van der Waals surface area contributed by atoms with Gasteiger partial charge in [0.2, 0.25) is 0 Å². The molecule has 0 aliphatic rings. The Hall–Kier alpha value is -1.00. The van der Waals surface area contributed by atoms with E-state index in [1.165, 1.54) is 5.56 Å². The Morgan fingerprint density at radius 2 is 2.20 bits per heavy atom. The molecule has 1 rings (SSSR count). The molecule has 0 aliphatic heterocycles. The second kappa shape index (κ2) is 3.24. The monoisotopic (exact) mass is 146 g/mol. The van der Waals surface area contributed by atoms with E-state index < -0.39 is 0 Å². The molecule has 0 fully saturated rings. The van der Waals surface area contributed by atoms with Crippen molar-refractivity contribution in [3.8, 4) is 11.5 Å². The SMILES string of the molecule is Cc1cccc(C#C[SiH3])c1. The summed E-state index contributed by atoms with van der Waals surface area (Å²) >= 11 is 0. The van der Waals surface area contributed by atoms with Crippen LogP contribution in [0.1, 0.15) is 11.1 Å². The van der Waals surface area contributed by atoms with Crippen molar-refractivity contribution >= 4 is 10.2 Å². The van der Waals surface area contributed by atoms with Crippen molar-refractivity contribution < 1.29 is 0 Å². The maximum Gasteiger partial charge on any atom is 0.0911 e. The summed E-state index contributed by atoms with van der Waals surface area (Å²) < 4.78 is 0. The molecule has 0 bridgehead atoms. The van der Waals surface area contributed by atoms with Gasteiger partial charge in [0, 0.05) is 5.56 Å². The van der Waals surface area contributed by atoms with Crippen LogP contribution in [0.4, 0.5) is 0 Å². The average molecular weight is 146 g/mol. The molecule has 0 aliphatic carbocycles. The third-order valence-electron chi connectivity index (χ3n) is 1.29. The Balaban J connectivity index is 3.03. The predicted molar refractivity (Wildman–Crippen MR) is 48.0 cm³/mol. The van der Waals surface area contributed by atoms with Crippen molar-refractivity contribution in [2.45, 2.75) is 6.92 Å². The molecule has 1 aromatic carbocycles. The van der Waals surface area contributed by atoms with Crippen LogP contribution in [0.5, 0.6) is 0 Å². The van der Waals surface area contributed by atoms with E-state index in [0.29, 0.717) is 0 Å². The van der Waals surface area contributed by atoms with Gasteiger partial charge in [0.15, 0.2) is 0 Å². The van der Waals surface area contributed by atoms with E-state index in [2.05, 4.69) is 30.5 Å². The highest BCUT2D eigenvalue weighted by Crippen LogP contribution is 2.00. The quantitative estimate of drug-likeness (QED) is 0.373. The molecule has 0 saturated carbocycles. The first kappa shape index (κ1) is 7.11. The van der Waals surface area contributed by atoms with E-state index in [1.807, 2.05) is 12.1 Å². The minimum Gasteiger partial charge on any atom is -0.138 e. The molecule has 0 radical (unpaired) electrons. The van der Waals surface area contributed by atoms with Gasteiger partial charge in [-0.2, -0.15) is 0 Å². The van der Waals surface area contributed by atoms with Gasteiger partial charge < -0.3 is 0 Å². The zero-order chi connectivity index (χ0) is 7.40. The van der Waals surface area contributed by atoms with E-state index in [4.69, 9.17) is 0 Å². The van der Waals surface area contributed by atoms with Crippen LogP contribution in [-0.2, 0) is 0 Å². The lowest BCUT2D eigenvalue weighted by Gasteiger charge is -1.90. The van der Waals surface area contributed by atoms with Crippen molar-refractivity contribution in [1.29, 1.82) is 0 Å². The normalized spacial score (nSPS) is 8.50. The molecular formula is C9H10Si. The summed E-state index contributed by atoms with van der Waals surface area (Å²) in [5.74, 6) is 3.06. The lowest BCUT2D eigenvalue weighted by atomic mass is 10.1. The fourth-order valence-electron chi connectivity index (χ4n) is 0.867. The Bertz CT molecular complexity index is 278. The second-order valence-electron chi connectivity index (χ2n) is 2.24. The van der Waals surface area contributed by atoms with Gasteiger partial charge in [0.25, 0.3) is 0 Å². The Morgan fingerprint density at radius 3 is 2.80 bits per heavy atom. The summed E-state index contributed by atoms with van der Waals surface area (Å²) in [7, 11) is 0.961. The summed E-state index contributed by atoms with van der Waals surface area (Å²) in [6.07, 6.45) is 0. The molecular weight excluding hydrogens is 136 g/mol. The highest BCUT2D eigenvalue weighted by atomic mass is 28.1. The van der Waals surface area contributed by atoms with Crippen LogP contribution < -0.4 is 0 Å². The molecule has 0 heterocycles. The third kappa shape index (κ3) is 1.75. The van der Waals surface area contributed by atoms with E-state index in [-0.39, 0.29) is 0 Å². The van der Waals surface area contributed by atoms with Crippen molar-refractivity contribution in [3.63, 3.8) is 0 Å². The number of hydrogen-bond donors (Lipinski definition) is 0. The molecule has 0 N–H and O–H groups in total. The molecule has 1 heteroatoms. The molecule has 0 spiro atoms. The summed E-state index contributed by atoms with van der Waals surface area (Å²) in [5, 5.41) is 0. The summed E-state index contributed by atoms with van der Waals surface area (Å²) in [5.41, 5.74) is 5.41. The van der Waals surface area contributed by atoms with Crippen LogP contribution in [0.15, 0.2) is 24.3 Å². The number of rotatable bonds is 0. The zero-order valence-corrected chi connectivity index (χ0v) is 8.31.